The molecule has 0 saturated heterocycles. The Hall–Kier alpha value is -4.68. The minimum atomic E-state index is -0.627. The van der Waals surface area contributed by atoms with Gasteiger partial charge >= 0.3 is 0 Å². The van der Waals surface area contributed by atoms with Gasteiger partial charge in [0.25, 0.3) is 5.91 Å². The molecule has 0 spiro atoms. The minimum Gasteiger partial charge on any atom is -0.495 e. The van der Waals surface area contributed by atoms with Crippen LogP contribution >= 0.6 is 0 Å². The number of hydrogen-bond acceptors (Lipinski definition) is 7. The molecule has 11 nitrogen and oxygen atoms in total. The van der Waals surface area contributed by atoms with Gasteiger partial charge in [0, 0.05) is 24.7 Å². The lowest BCUT2D eigenvalue weighted by molar-refractivity contribution is -0.119. The lowest BCUT2D eigenvalue weighted by Crippen LogP contribution is -2.36. The first-order valence-electron chi connectivity index (χ1n) is 12.5. The quantitative estimate of drug-likeness (QED) is 0.264. The highest BCUT2D eigenvalue weighted by atomic mass is 19.1. The molecular formula is C28H32FN7O4. The number of pyridine rings is 1. The minimum absolute atomic E-state index is 0. The van der Waals surface area contributed by atoms with Crippen molar-refractivity contribution in [2.24, 2.45) is 0 Å². The number of fused-ring (bicyclic) bond motifs is 2. The van der Waals surface area contributed by atoms with Gasteiger partial charge in [-0.25, -0.2) is 4.39 Å². The summed E-state index contributed by atoms with van der Waals surface area (Å²) in [6, 6.07) is 10.2. The van der Waals surface area contributed by atoms with E-state index in [1.807, 2.05) is 37.2 Å². The van der Waals surface area contributed by atoms with Crippen molar-refractivity contribution in [1.29, 1.82) is 0 Å². The fourth-order valence-corrected chi connectivity index (χ4v) is 4.79. The Balaban J connectivity index is 0.00000370. The number of H-pyrrole nitrogens is 1. The Morgan fingerprint density at radius 1 is 1.12 bits per heavy atom. The summed E-state index contributed by atoms with van der Waals surface area (Å²) in [7, 11) is 6.81. The van der Waals surface area contributed by atoms with Crippen LogP contribution in [0.25, 0.3) is 10.9 Å². The fraction of sp³-hybridized carbons (Fsp3) is 0.250. The van der Waals surface area contributed by atoms with Crippen molar-refractivity contribution in [3.05, 3.63) is 65.7 Å². The van der Waals surface area contributed by atoms with E-state index in [4.69, 9.17) is 4.74 Å². The third kappa shape index (κ3) is 5.40. The van der Waals surface area contributed by atoms with E-state index >= 15 is 0 Å². The van der Waals surface area contributed by atoms with Crippen molar-refractivity contribution in [3.63, 3.8) is 0 Å². The SMILES string of the molecule is CNC(=O)c1c(F)cccc1Nc1cncc2[nH]c(Nc3cc4c(cc3OC)CCN4C(=O)CN(C)C)cc12.O. The number of aromatic amines is 1. The lowest BCUT2D eigenvalue weighted by Gasteiger charge is -2.21. The van der Waals surface area contributed by atoms with Crippen LogP contribution in [-0.4, -0.2) is 73.5 Å². The maximum absolute atomic E-state index is 14.5. The number of aromatic nitrogens is 2. The largest absolute Gasteiger partial charge is 0.495 e. The number of benzene rings is 2. The van der Waals surface area contributed by atoms with Gasteiger partial charge < -0.3 is 40.9 Å². The third-order valence-electron chi connectivity index (χ3n) is 6.60. The van der Waals surface area contributed by atoms with Gasteiger partial charge in [-0.1, -0.05) is 6.07 Å². The molecule has 0 bridgehead atoms. The average molecular weight is 550 g/mol. The van der Waals surface area contributed by atoms with Gasteiger partial charge in [0.05, 0.1) is 54.2 Å². The zero-order valence-electron chi connectivity index (χ0n) is 22.7. The second-order valence-corrected chi connectivity index (χ2v) is 9.54. The molecule has 0 atom stereocenters. The van der Waals surface area contributed by atoms with Crippen molar-refractivity contribution in [2.75, 3.05) is 56.9 Å². The van der Waals surface area contributed by atoms with E-state index in [0.717, 1.165) is 28.6 Å². The number of likely N-dealkylation sites (N-methyl/N-ethyl adjacent to an activating group) is 1. The van der Waals surface area contributed by atoms with Crippen molar-refractivity contribution in [2.45, 2.75) is 6.42 Å². The molecule has 5 rings (SSSR count). The molecule has 1 aliphatic rings. The van der Waals surface area contributed by atoms with Crippen LogP contribution in [0.2, 0.25) is 0 Å². The zero-order chi connectivity index (χ0) is 27.7. The number of halogens is 1. The number of anilines is 5. The Kier molecular flexibility index (Phi) is 8.21. The molecule has 2 amide bonds. The van der Waals surface area contributed by atoms with Gasteiger partial charge in [-0.2, -0.15) is 0 Å². The second-order valence-electron chi connectivity index (χ2n) is 9.54. The Morgan fingerprint density at radius 3 is 2.65 bits per heavy atom. The molecule has 0 radical (unpaired) electrons. The van der Waals surface area contributed by atoms with Crippen LogP contribution in [0.1, 0.15) is 15.9 Å². The summed E-state index contributed by atoms with van der Waals surface area (Å²) >= 11 is 0. The average Bonchev–Trinajstić information content (AvgIpc) is 3.51. The number of ether oxygens (including phenoxy) is 1. The molecule has 0 fully saturated rings. The number of carbonyl (C=O) groups is 2. The highest BCUT2D eigenvalue weighted by Crippen LogP contribution is 2.39. The van der Waals surface area contributed by atoms with Crippen molar-refractivity contribution in [3.8, 4) is 5.75 Å². The van der Waals surface area contributed by atoms with Crippen molar-refractivity contribution in [1.82, 2.24) is 20.2 Å². The van der Waals surface area contributed by atoms with E-state index in [2.05, 4.69) is 25.9 Å². The summed E-state index contributed by atoms with van der Waals surface area (Å²) in [5.41, 5.74) is 4.17. The molecule has 2 aromatic carbocycles. The van der Waals surface area contributed by atoms with Crippen LogP contribution in [0, 0.1) is 5.82 Å². The first-order chi connectivity index (χ1) is 18.8. The summed E-state index contributed by atoms with van der Waals surface area (Å²) in [4.78, 5) is 36.4. The number of hydrogen-bond donors (Lipinski definition) is 4. The van der Waals surface area contributed by atoms with Crippen LogP contribution in [0.15, 0.2) is 48.8 Å². The molecule has 3 heterocycles. The number of methoxy groups -OCH3 is 1. The summed E-state index contributed by atoms with van der Waals surface area (Å²) in [6.07, 6.45) is 4.05. The number of amides is 2. The number of rotatable bonds is 8. The van der Waals surface area contributed by atoms with Crippen LogP contribution in [-0.2, 0) is 11.2 Å². The zero-order valence-corrected chi connectivity index (χ0v) is 22.7. The molecule has 2 aromatic heterocycles. The summed E-state index contributed by atoms with van der Waals surface area (Å²) in [5, 5.41) is 9.78. The van der Waals surface area contributed by atoms with Gasteiger partial charge in [0.15, 0.2) is 0 Å². The Labute approximate surface area is 230 Å². The highest BCUT2D eigenvalue weighted by molar-refractivity contribution is 6.03. The molecular weight excluding hydrogens is 517 g/mol. The first kappa shape index (κ1) is 28.3. The molecule has 12 heteroatoms. The first-order valence-corrected chi connectivity index (χ1v) is 12.5. The summed E-state index contributed by atoms with van der Waals surface area (Å²) < 4.78 is 20.1. The van der Waals surface area contributed by atoms with Gasteiger partial charge in [0.2, 0.25) is 5.91 Å². The molecule has 210 valence electrons. The molecule has 40 heavy (non-hydrogen) atoms. The van der Waals surface area contributed by atoms with E-state index in [-0.39, 0.29) is 16.9 Å². The predicted molar refractivity (Wildman–Crippen MR) is 154 cm³/mol. The standard InChI is InChI=1S/C28H30FN7O3.H2O/c1-30-28(38)27-18(29)6-5-7-19(27)32-21-13-31-14-22-17(21)11-25(34-22)33-20-12-23-16(10-24(20)39-4)8-9-36(23)26(37)15-35(2)3;/h5-7,10-14,32-34H,8-9,15H2,1-4H3,(H,30,38);1H2. The van der Waals surface area contributed by atoms with E-state index in [1.54, 1.807) is 30.5 Å². The van der Waals surface area contributed by atoms with E-state index in [1.165, 1.54) is 19.2 Å². The fourth-order valence-electron chi connectivity index (χ4n) is 4.79. The van der Waals surface area contributed by atoms with E-state index in [0.29, 0.717) is 41.7 Å². The number of carbonyl (C=O) groups excluding carboxylic acids is 2. The smallest absolute Gasteiger partial charge is 0.256 e. The monoisotopic (exact) mass is 549 g/mol. The van der Waals surface area contributed by atoms with E-state index in [9.17, 15) is 14.0 Å². The molecule has 0 aliphatic carbocycles. The molecule has 0 unspecified atom stereocenters. The molecule has 1 aliphatic heterocycles. The summed E-state index contributed by atoms with van der Waals surface area (Å²) in [6.45, 7) is 0.950. The Morgan fingerprint density at radius 2 is 1.93 bits per heavy atom. The number of nitrogens with one attached hydrogen (secondary N) is 4. The normalized spacial score (nSPS) is 12.2. The second kappa shape index (κ2) is 11.6. The highest BCUT2D eigenvalue weighted by Gasteiger charge is 2.27. The molecule has 4 aromatic rings. The lowest BCUT2D eigenvalue weighted by atomic mass is 10.1. The maximum atomic E-state index is 14.5. The topological polar surface area (TPSA) is 146 Å². The molecule has 6 N–H and O–H groups in total. The van der Waals surface area contributed by atoms with Gasteiger partial charge in [0.1, 0.15) is 17.4 Å². The van der Waals surface area contributed by atoms with Crippen LogP contribution in [0.3, 0.4) is 0 Å². The molecule has 0 saturated carbocycles. The van der Waals surface area contributed by atoms with Gasteiger partial charge in [-0.15, -0.1) is 0 Å². The van der Waals surface area contributed by atoms with Crippen LogP contribution in [0.5, 0.6) is 5.75 Å². The summed E-state index contributed by atoms with van der Waals surface area (Å²) in [5.74, 6) is 0.192. The number of nitrogens with zero attached hydrogens (tertiary/aromatic N) is 3. The van der Waals surface area contributed by atoms with Gasteiger partial charge in [-0.05, 0) is 56.4 Å². The predicted octanol–water partition coefficient (Wildman–Crippen LogP) is 3.18. The van der Waals surface area contributed by atoms with Gasteiger partial charge in [-0.3, -0.25) is 14.6 Å². The van der Waals surface area contributed by atoms with Crippen LogP contribution in [0.4, 0.5) is 33.0 Å². The van der Waals surface area contributed by atoms with Crippen molar-refractivity contribution >= 4 is 51.3 Å². The Bertz CT molecular complexity index is 1570. The third-order valence-corrected chi connectivity index (χ3v) is 6.60. The van der Waals surface area contributed by atoms with E-state index < -0.39 is 11.7 Å². The maximum Gasteiger partial charge on any atom is 0.256 e. The van der Waals surface area contributed by atoms with Crippen molar-refractivity contribution < 1.29 is 24.2 Å². The van der Waals surface area contributed by atoms with Crippen LogP contribution < -0.4 is 25.6 Å².